The molecular formula is C19H12N4O. The molecule has 0 saturated carbocycles. The molecule has 5 rings (SSSR count). The van der Waals surface area contributed by atoms with Gasteiger partial charge >= 0.3 is 0 Å². The molecule has 1 aliphatic rings. The van der Waals surface area contributed by atoms with E-state index >= 15 is 0 Å². The molecule has 2 aromatic heterocycles. The van der Waals surface area contributed by atoms with Gasteiger partial charge in [-0.1, -0.05) is 24.3 Å². The lowest BCUT2D eigenvalue weighted by Gasteiger charge is -2.02. The van der Waals surface area contributed by atoms with Crippen molar-refractivity contribution in [2.45, 2.75) is 6.42 Å². The van der Waals surface area contributed by atoms with Crippen molar-refractivity contribution in [1.82, 2.24) is 19.9 Å². The number of nitrogens with zero attached hydrogens (tertiary/aromatic N) is 3. The summed E-state index contributed by atoms with van der Waals surface area (Å²) < 4.78 is 0. The van der Waals surface area contributed by atoms with Gasteiger partial charge in [0.05, 0.1) is 38.7 Å². The van der Waals surface area contributed by atoms with E-state index in [9.17, 15) is 4.79 Å². The fraction of sp³-hybridized carbons (Fsp3) is 0.0526. The van der Waals surface area contributed by atoms with Crippen LogP contribution in [-0.4, -0.2) is 25.7 Å². The van der Waals surface area contributed by atoms with Gasteiger partial charge in [0, 0.05) is 0 Å². The van der Waals surface area contributed by atoms with Gasteiger partial charge in [-0.2, -0.15) is 0 Å². The Morgan fingerprint density at radius 3 is 2.58 bits per heavy atom. The summed E-state index contributed by atoms with van der Waals surface area (Å²) in [6.07, 6.45) is 6.02. The molecule has 0 saturated heterocycles. The van der Waals surface area contributed by atoms with Crippen LogP contribution in [-0.2, 0) is 4.79 Å². The molecule has 0 bridgehead atoms. The van der Waals surface area contributed by atoms with Crippen LogP contribution in [0, 0.1) is 0 Å². The van der Waals surface area contributed by atoms with Crippen LogP contribution in [0.4, 0.5) is 0 Å². The Morgan fingerprint density at radius 1 is 0.875 bits per heavy atom. The first-order valence-electron chi connectivity index (χ1n) is 7.75. The van der Waals surface area contributed by atoms with Crippen molar-refractivity contribution in [1.29, 1.82) is 0 Å². The van der Waals surface area contributed by atoms with Gasteiger partial charge in [-0.25, -0.2) is 15.0 Å². The highest BCUT2D eigenvalue weighted by molar-refractivity contribution is 6.26. The largest absolute Gasteiger partial charge is 0.352 e. The van der Waals surface area contributed by atoms with Crippen molar-refractivity contribution in [3.8, 4) is 0 Å². The molecule has 1 N–H and O–H groups in total. The lowest BCUT2D eigenvalue weighted by atomic mass is 10.0. The Bertz CT molecular complexity index is 1130. The molecule has 0 radical (unpaired) electrons. The predicted molar refractivity (Wildman–Crippen MR) is 93.4 cm³/mol. The van der Waals surface area contributed by atoms with Gasteiger partial charge in [-0.15, -0.1) is 0 Å². The number of nitrogens with one attached hydrogen (secondary N) is 1. The number of aromatic amines is 1. The molecule has 5 nitrogen and oxygen atoms in total. The zero-order valence-corrected chi connectivity index (χ0v) is 12.7. The highest BCUT2D eigenvalue weighted by atomic mass is 16.1. The van der Waals surface area contributed by atoms with Crippen LogP contribution in [0.2, 0.25) is 0 Å². The van der Waals surface area contributed by atoms with Gasteiger partial charge < -0.3 is 4.98 Å². The number of hydrogen-bond donors (Lipinski definition) is 1. The quantitative estimate of drug-likeness (QED) is 0.545. The van der Waals surface area contributed by atoms with Crippen LogP contribution in [0.25, 0.3) is 38.7 Å². The van der Waals surface area contributed by atoms with E-state index in [1.807, 2.05) is 48.6 Å². The van der Waals surface area contributed by atoms with Gasteiger partial charge in [0.15, 0.2) is 11.6 Å². The minimum Gasteiger partial charge on any atom is -0.352 e. The number of allylic oxidation sites excluding steroid dienone is 4. The van der Waals surface area contributed by atoms with Gasteiger partial charge in [-0.05, 0) is 36.8 Å². The Hall–Kier alpha value is -3.34. The van der Waals surface area contributed by atoms with Gasteiger partial charge in [0.25, 0.3) is 0 Å². The van der Waals surface area contributed by atoms with Crippen LogP contribution in [0.15, 0.2) is 54.6 Å². The Kier molecular flexibility index (Phi) is 2.64. The molecule has 0 amide bonds. The lowest BCUT2D eigenvalue weighted by Crippen LogP contribution is -2.02. The van der Waals surface area contributed by atoms with Gasteiger partial charge in [0.1, 0.15) is 0 Å². The number of aromatic nitrogens is 4. The average molecular weight is 312 g/mol. The van der Waals surface area contributed by atoms with Gasteiger partial charge in [-0.3, -0.25) is 4.79 Å². The van der Waals surface area contributed by atoms with E-state index in [0.717, 1.165) is 39.5 Å². The highest BCUT2D eigenvalue weighted by Crippen LogP contribution is 2.25. The summed E-state index contributed by atoms with van der Waals surface area (Å²) in [5.41, 5.74) is 5.68. The van der Waals surface area contributed by atoms with Crippen molar-refractivity contribution in [3.63, 3.8) is 0 Å². The number of ketones is 1. The molecule has 0 unspecified atom stereocenters. The van der Waals surface area contributed by atoms with Crippen LogP contribution in [0.3, 0.4) is 0 Å². The lowest BCUT2D eigenvalue weighted by molar-refractivity contribution is -0.109. The van der Waals surface area contributed by atoms with Crippen LogP contribution in [0.5, 0.6) is 0 Å². The molecule has 2 heterocycles. The monoisotopic (exact) mass is 312 g/mol. The molecule has 2 aromatic carbocycles. The number of rotatable bonds is 1. The Labute approximate surface area is 136 Å². The Morgan fingerprint density at radius 2 is 1.71 bits per heavy atom. The number of carbonyl (C=O) groups excluding carboxylic acids is 1. The number of carbonyl (C=O) groups is 1. The van der Waals surface area contributed by atoms with Crippen LogP contribution >= 0.6 is 0 Å². The van der Waals surface area contributed by atoms with E-state index in [-0.39, 0.29) is 5.78 Å². The number of benzene rings is 2. The van der Waals surface area contributed by atoms with Crippen LogP contribution in [0.1, 0.15) is 12.2 Å². The average Bonchev–Trinajstić information content (AvgIpc) is 3.00. The summed E-state index contributed by atoms with van der Waals surface area (Å²) in [4.78, 5) is 29.1. The predicted octanol–water partition coefficient (Wildman–Crippen LogP) is 3.57. The third-order valence-electron chi connectivity index (χ3n) is 4.19. The van der Waals surface area contributed by atoms with Gasteiger partial charge in [0.2, 0.25) is 0 Å². The molecule has 24 heavy (non-hydrogen) atoms. The maximum absolute atomic E-state index is 12.0. The van der Waals surface area contributed by atoms with E-state index in [2.05, 4.69) is 19.9 Å². The number of fused-ring (bicyclic) bond motifs is 3. The maximum Gasteiger partial charge on any atom is 0.189 e. The molecule has 0 aliphatic heterocycles. The number of para-hydroxylation sites is 2. The third-order valence-corrected chi connectivity index (χ3v) is 4.19. The molecule has 1 aliphatic carbocycles. The second-order valence-corrected chi connectivity index (χ2v) is 5.78. The normalized spacial score (nSPS) is 14.7. The molecule has 0 spiro atoms. The molecule has 0 atom stereocenters. The first kappa shape index (κ1) is 13.1. The summed E-state index contributed by atoms with van der Waals surface area (Å²) in [5, 5.41) is 0. The number of hydrogen-bond acceptors (Lipinski definition) is 4. The van der Waals surface area contributed by atoms with E-state index in [0.29, 0.717) is 11.4 Å². The molecular weight excluding hydrogens is 300 g/mol. The standard InChI is InChI=1S/C19H12N4O/c24-18-8-4-1-5-11(18)19-22-16-9-14-15(10-17(16)23-19)21-13-7-3-2-6-12(13)20-14/h2-10,20H,1H2. The summed E-state index contributed by atoms with van der Waals surface area (Å²) in [6.45, 7) is 0. The van der Waals surface area contributed by atoms with E-state index in [1.165, 1.54) is 0 Å². The van der Waals surface area contributed by atoms with Crippen molar-refractivity contribution in [3.05, 3.63) is 60.5 Å². The molecule has 4 aromatic rings. The zero-order chi connectivity index (χ0) is 16.1. The number of H-pyrrole nitrogens is 1. The third kappa shape index (κ3) is 1.95. The Balaban J connectivity index is 1.74. The SMILES string of the molecule is O=C1C=CCC=C1c1nc2cc3nc4ccccc4[nH]c3cc2n1. The zero-order valence-electron chi connectivity index (χ0n) is 12.7. The minimum absolute atomic E-state index is 0.0449. The fourth-order valence-corrected chi connectivity index (χ4v) is 3.02. The smallest absolute Gasteiger partial charge is 0.189 e. The maximum atomic E-state index is 12.0. The summed E-state index contributed by atoms with van der Waals surface area (Å²) in [5.74, 6) is 0.441. The second kappa shape index (κ2) is 4.83. The van der Waals surface area contributed by atoms with E-state index in [4.69, 9.17) is 0 Å². The fourth-order valence-electron chi connectivity index (χ4n) is 3.02. The second-order valence-electron chi connectivity index (χ2n) is 5.78. The topological polar surface area (TPSA) is 71.5 Å². The first-order valence-corrected chi connectivity index (χ1v) is 7.75. The van der Waals surface area contributed by atoms with Crippen molar-refractivity contribution < 1.29 is 4.79 Å². The molecule has 5 heteroatoms. The summed E-state index contributed by atoms with van der Waals surface area (Å²) in [7, 11) is 0. The summed E-state index contributed by atoms with van der Waals surface area (Å²) in [6, 6.07) is 11.7. The molecule has 114 valence electrons. The highest BCUT2D eigenvalue weighted by Gasteiger charge is 2.17. The van der Waals surface area contributed by atoms with Crippen molar-refractivity contribution in [2.24, 2.45) is 0 Å². The van der Waals surface area contributed by atoms with Crippen molar-refractivity contribution in [2.75, 3.05) is 0 Å². The minimum atomic E-state index is -0.0449. The van der Waals surface area contributed by atoms with E-state index in [1.54, 1.807) is 6.08 Å². The first-order chi connectivity index (χ1) is 11.8. The van der Waals surface area contributed by atoms with Crippen molar-refractivity contribution >= 4 is 44.5 Å². The number of imidazole rings is 1. The molecule has 0 fully saturated rings. The summed E-state index contributed by atoms with van der Waals surface area (Å²) >= 11 is 0. The van der Waals surface area contributed by atoms with Crippen LogP contribution < -0.4 is 0 Å². The van der Waals surface area contributed by atoms with E-state index < -0.39 is 0 Å².